The van der Waals surface area contributed by atoms with E-state index in [4.69, 9.17) is 25.7 Å². The number of carbonyl (C=O) groups is 6. The molecule has 0 aliphatic carbocycles. The average Bonchev–Trinajstić information content (AvgIpc) is 3.22. The molecular formula is C47H57N5O10S. The standard InChI is InChI=1S/C47H57N5O10S/c1-45(2,3)61-43(58)51-37(41(55)56)28-30-23-25-33(26-24-30)60-42(57)50-27-15-22-36(48)39(53)34-20-13-14-21-35(34)47(31-16-9-7-10-17-31,32-18-11-8-12-19-32)52(38(29-63)40(49)54)44(59)62-46(4,5)6/h7-14,16-21,23-26,36-38,63H,15,22,27-29,48H2,1-6H3,(H2,49,54)(H,50,57)(H,51,58)(H,55,56)/t36-,37-,38-/m0/s1. The van der Waals surface area contributed by atoms with Gasteiger partial charge < -0.3 is 41.4 Å². The van der Waals surface area contributed by atoms with Crippen LogP contribution in [0, 0.1) is 0 Å². The number of aliphatic carboxylic acids is 1. The fourth-order valence-electron chi connectivity index (χ4n) is 6.93. The van der Waals surface area contributed by atoms with E-state index in [1.54, 1.807) is 126 Å². The van der Waals surface area contributed by atoms with E-state index in [1.165, 1.54) is 17.0 Å². The van der Waals surface area contributed by atoms with Crippen molar-refractivity contribution in [3.63, 3.8) is 0 Å². The number of thiol groups is 1. The minimum absolute atomic E-state index is 0.0461. The number of nitrogens with two attached hydrogens (primary N) is 2. The van der Waals surface area contributed by atoms with Crippen molar-refractivity contribution < 1.29 is 48.1 Å². The van der Waals surface area contributed by atoms with Crippen LogP contribution in [0.1, 0.15) is 87.0 Å². The molecule has 0 aliphatic heterocycles. The number of carboxylic acid groups (broad SMARTS) is 1. The van der Waals surface area contributed by atoms with Gasteiger partial charge in [0.05, 0.1) is 6.04 Å². The summed E-state index contributed by atoms with van der Waals surface area (Å²) in [4.78, 5) is 80.4. The molecule has 4 aromatic carbocycles. The first-order valence-corrected chi connectivity index (χ1v) is 21.0. The van der Waals surface area contributed by atoms with Crippen LogP contribution in [0.4, 0.5) is 14.4 Å². The van der Waals surface area contributed by atoms with Gasteiger partial charge >= 0.3 is 24.2 Å². The molecule has 0 saturated heterocycles. The van der Waals surface area contributed by atoms with E-state index in [0.717, 1.165) is 0 Å². The monoisotopic (exact) mass is 883 g/mol. The van der Waals surface area contributed by atoms with Crippen LogP contribution in [0.25, 0.3) is 0 Å². The molecule has 0 saturated carbocycles. The molecule has 15 nitrogen and oxygen atoms in total. The van der Waals surface area contributed by atoms with Crippen molar-refractivity contribution >= 4 is 48.6 Å². The van der Waals surface area contributed by atoms with E-state index in [1.807, 2.05) is 12.1 Å². The second kappa shape index (κ2) is 21.6. The van der Waals surface area contributed by atoms with Crippen LogP contribution in [-0.2, 0) is 31.0 Å². The van der Waals surface area contributed by atoms with Crippen LogP contribution in [-0.4, -0.2) is 87.6 Å². The summed E-state index contributed by atoms with van der Waals surface area (Å²) in [5.41, 5.74) is 11.3. The highest BCUT2D eigenvalue weighted by atomic mass is 32.1. The molecule has 0 aromatic heterocycles. The number of Topliss-reactive ketones (excluding diaryl/α,β-unsaturated/α-hetero) is 1. The largest absolute Gasteiger partial charge is 0.480 e. The normalized spacial score (nSPS) is 13.1. The van der Waals surface area contributed by atoms with Gasteiger partial charge in [-0.15, -0.1) is 0 Å². The van der Waals surface area contributed by atoms with Crippen LogP contribution >= 0.6 is 12.6 Å². The van der Waals surface area contributed by atoms with Gasteiger partial charge in [0.2, 0.25) is 5.91 Å². The minimum atomic E-state index is -1.68. The Morgan fingerprint density at radius 1 is 0.746 bits per heavy atom. The van der Waals surface area contributed by atoms with Crippen LogP contribution in [0.3, 0.4) is 0 Å². The molecule has 16 heteroatoms. The lowest BCUT2D eigenvalue weighted by Crippen LogP contribution is -2.61. The molecule has 7 N–H and O–H groups in total. The Balaban J connectivity index is 1.55. The number of nitrogens with one attached hydrogen (secondary N) is 2. The Morgan fingerprint density at radius 3 is 1.79 bits per heavy atom. The highest BCUT2D eigenvalue weighted by molar-refractivity contribution is 7.80. The van der Waals surface area contributed by atoms with E-state index in [9.17, 15) is 33.9 Å². The van der Waals surface area contributed by atoms with E-state index in [-0.39, 0.29) is 42.9 Å². The lowest BCUT2D eigenvalue weighted by Gasteiger charge is -2.48. The molecule has 3 atom stereocenters. The molecule has 0 unspecified atom stereocenters. The first-order valence-electron chi connectivity index (χ1n) is 20.4. The maximum atomic E-state index is 14.6. The van der Waals surface area contributed by atoms with Gasteiger partial charge in [0, 0.05) is 24.3 Å². The van der Waals surface area contributed by atoms with E-state index in [2.05, 4.69) is 23.3 Å². The van der Waals surface area contributed by atoms with Gasteiger partial charge in [-0.2, -0.15) is 12.6 Å². The number of alkyl carbamates (subject to hydrolysis) is 1. The first kappa shape index (κ1) is 49.3. The zero-order valence-corrected chi connectivity index (χ0v) is 37.2. The zero-order chi connectivity index (χ0) is 46.5. The van der Waals surface area contributed by atoms with Crippen LogP contribution < -0.4 is 26.8 Å². The lowest BCUT2D eigenvalue weighted by atomic mass is 9.72. The molecule has 336 valence electrons. The second-order valence-electron chi connectivity index (χ2n) is 16.8. The molecule has 0 aliphatic rings. The Hall–Kier alpha value is -6.39. The number of carbonyl (C=O) groups excluding carboxylic acids is 5. The number of amides is 4. The van der Waals surface area contributed by atoms with Gasteiger partial charge in [0.15, 0.2) is 5.78 Å². The molecule has 0 bridgehead atoms. The summed E-state index contributed by atoms with van der Waals surface area (Å²) >= 11 is 4.49. The number of primary amides is 1. The topological polar surface area (TPSA) is 230 Å². The number of hydrogen-bond donors (Lipinski definition) is 6. The quantitative estimate of drug-likeness (QED) is 0.0270. The van der Waals surface area contributed by atoms with Crippen molar-refractivity contribution in [1.82, 2.24) is 15.5 Å². The number of hydrogen-bond acceptors (Lipinski definition) is 11. The summed E-state index contributed by atoms with van der Waals surface area (Å²) < 4.78 is 16.5. The average molecular weight is 884 g/mol. The number of rotatable bonds is 18. The fourth-order valence-corrected chi connectivity index (χ4v) is 7.27. The highest BCUT2D eigenvalue weighted by Gasteiger charge is 2.52. The molecule has 0 heterocycles. The molecule has 0 radical (unpaired) electrons. The Bertz CT molecular complexity index is 2170. The predicted molar refractivity (Wildman–Crippen MR) is 241 cm³/mol. The Morgan fingerprint density at radius 2 is 1.29 bits per heavy atom. The van der Waals surface area contributed by atoms with Gasteiger partial charge in [-0.3, -0.25) is 14.5 Å². The fraction of sp³-hybridized carbons (Fsp3) is 0.362. The lowest BCUT2D eigenvalue weighted by molar-refractivity contribution is -0.139. The molecule has 4 rings (SSSR count). The van der Waals surface area contributed by atoms with Crippen molar-refractivity contribution in [3.05, 3.63) is 137 Å². The molecule has 63 heavy (non-hydrogen) atoms. The summed E-state index contributed by atoms with van der Waals surface area (Å²) in [6, 6.07) is 27.2. The van der Waals surface area contributed by atoms with Crippen molar-refractivity contribution in [1.29, 1.82) is 0 Å². The van der Waals surface area contributed by atoms with Crippen LogP contribution in [0.5, 0.6) is 5.75 Å². The van der Waals surface area contributed by atoms with Gasteiger partial charge in [0.25, 0.3) is 0 Å². The van der Waals surface area contributed by atoms with Crippen LogP contribution in [0.15, 0.2) is 109 Å². The number of benzene rings is 4. The minimum Gasteiger partial charge on any atom is -0.480 e. The second-order valence-corrected chi connectivity index (χ2v) is 17.1. The molecular weight excluding hydrogens is 827 g/mol. The molecule has 4 amide bonds. The Kier molecular flexibility index (Phi) is 16.9. The van der Waals surface area contributed by atoms with Gasteiger partial charge in [-0.05, 0) is 88.8 Å². The summed E-state index contributed by atoms with van der Waals surface area (Å²) in [5.74, 6) is -2.53. The smallest absolute Gasteiger partial charge is 0.412 e. The number of nitrogens with zero attached hydrogens (tertiary/aromatic N) is 1. The third kappa shape index (κ3) is 13.3. The molecule has 4 aromatic rings. The third-order valence-corrected chi connectivity index (χ3v) is 9.94. The van der Waals surface area contributed by atoms with Crippen molar-refractivity contribution in [3.8, 4) is 5.75 Å². The van der Waals surface area contributed by atoms with Crippen molar-refractivity contribution in [2.24, 2.45) is 11.5 Å². The Labute approximate surface area is 373 Å². The summed E-state index contributed by atoms with van der Waals surface area (Å²) in [5, 5.41) is 14.6. The van der Waals surface area contributed by atoms with E-state index < -0.39 is 70.8 Å². The summed E-state index contributed by atoms with van der Waals surface area (Å²) in [6.07, 6.45) is -2.12. The van der Waals surface area contributed by atoms with E-state index >= 15 is 0 Å². The van der Waals surface area contributed by atoms with Crippen molar-refractivity contribution in [2.45, 2.75) is 95.7 Å². The summed E-state index contributed by atoms with van der Waals surface area (Å²) in [7, 11) is 0. The third-order valence-electron chi connectivity index (χ3n) is 9.59. The van der Waals surface area contributed by atoms with E-state index in [0.29, 0.717) is 22.3 Å². The number of ketones is 1. The molecule has 0 spiro atoms. The van der Waals surface area contributed by atoms with Gasteiger partial charge in [0.1, 0.15) is 34.6 Å². The number of ether oxygens (including phenoxy) is 3. The van der Waals surface area contributed by atoms with Gasteiger partial charge in [-0.25, -0.2) is 19.2 Å². The molecule has 0 fully saturated rings. The highest BCUT2D eigenvalue weighted by Crippen LogP contribution is 2.46. The maximum absolute atomic E-state index is 14.6. The SMILES string of the molecule is CC(C)(C)OC(=O)N[C@@H](Cc1ccc(OC(=O)NCCC[C@H](N)C(=O)c2ccccc2C(c2ccccc2)(c2ccccc2)N(C(=O)OC(C)(C)C)[C@@H](CS)C(N)=O)cc1)C(=O)O. The predicted octanol–water partition coefficient (Wildman–Crippen LogP) is 6.60. The maximum Gasteiger partial charge on any atom is 0.412 e. The first-order chi connectivity index (χ1) is 29.7. The summed E-state index contributed by atoms with van der Waals surface area (Å²) in [6.45, 7) is 10.2. The number of carboxylic acids is 1. The van der Waals surface area contributed by atoms with Gasteiger partial charge in [-0.1, -0.05) is 97.1 Å². The zero-order valence-electron chi connectivity index (χ0n) is 36.3. The van der Waals surface area contributed by atoms with Crippen LogP contribution in [0.2, 0.25) is 0 Å². The van der Waals surface area contributed by atoms with Crippen molar-refractivity contribution in [2.75, 3.05) is 12.3 Å².